The van der Waals surface area contributed by atoms with E-state index in [9.17, 15) is 0 Å². The van der Waals surface area contributed by atoms with Crippen molar-refractivity contribution >= 4 is 11.8 Å². The van der Waals surface area contributed by atoms with Crippen LogP contribution in [0.5, 0.6) is 0 Å². The zero-order valence-electron chi connectivity index (χ0n) is 8.68. The Balaban J connectivity index is 1.92. The summed E-state index contributed by atoms with van der Waals surface area (Å²) < 4.78 is 0. The average molecular weight is 200 g/mol. The number of nitrogens with zero attached hydrogens (tertiary/aromatic N) is 1. The number of nitrogens with one attached hydrogen (secondary N) is 1. The van der Waals surface area contributed by atoms with Crippen LogP contribution >= 0.6 is 11.8 Å². The summed E-state index contributed by atoms with van der Waals surface area (Å²) in [4.78, 5) is 2.89. The third-order valence-corrected chi connectivity index (χ3v) is 5.13. The second-order valence-corrected chi connectivity index (χ2v) is 6.01. The van der Waals surface area contributed by atoms with Gasteiger partial charge in [0.25, 0.3) is 0 Å². The molecule has 0 aromatic carbocycles. The van der Waals surface area contributed by atoms with Gasteiger partial charge in [0.2, 0.25) is 0 Å². The summed E-state index contributed by atoms with van der Waals surface area (Å²) in [5.41, 5.74) is 0. The minimum atomic E-state index is 0.452. The third-order valence-electron chi connectivity index (χ3n) is 3.29. The highest BCUT2D eigenvalue weighted by Crippen LogP contribution is 2.41. The predicted molar refractivity (Wildman–Crippen MR) is 59.1 cm³/mol. The first-order valence-corrected chi connectivity index (χ1v) is 6.23. The highest BCUT2D eigenvalue weighted by molar-refractivity contribution is 8.01. The molecule has 2 saturated heterocycles. The molecule has 2 aliphatic heterocycles. The van der Waals surface area contributed by atoms with E-state index in [1.807, 2.05) is 0 Å². The van der Waals surface area contributed by atoms with Crippen molar-refractivity contribution in [3.05, 3.63) is 0 Å². The maximum atomic E-state index is 3.73. The lowest BCUT2D eigenvalue weighted by molar-refractivity contribution is 0.223. The summed E-state index contributed by atoms with van der Waals surface area (Å²) in [7, 11) is 2.23. The van der Waals surface area contributed by atoms with Gasteiger partial charge < -0.3 is 10.2 Å². The van der Waals surface area contributed by atoms with Crippen LogP contribution in [0.1, 0.15) is 26.2 Å². The molecule has 0 bridgehead atoms. The van der Waals surface area contributed by atoms with Crippen LogP contribution in [0.15, 0.2) is 0 Å². The molecule has 0 saturated carbocycles. The fraction of sp³-hybridized carbons (Fsp3) is 1.00. The van der Waals surface area contributed by atoms with Crippen molar-refractivity contribution in [1.29, 1.82) is 0 Å². The van der Waals surface area contributed by atoms with Gasteiger partial charge in [0.15, 0.2) is 0 Å². The first kappa shape index (κ1) is 9.81. The van der Waals surface area contributed by atoms with Gasteiger partial charge in [-0.15, -0.1) is 11.8 Å². The Morgan fingerprint density at radius 2 is 2.15 bits per heavy atom. The number of hydrogen-bond donors (Lipinski definition) is 1. The molecule has 1 N–H and O–H groups in total. The van der Waals surface area contributed by atoms with Crippen molar-refractivity contribution in [3.63, 3.8) is 0 Å². The Kier molecular flexibility index (Phi) is 2.86. The smallest absolute Gasteiger partial charge is 0.0673 e. The molecule has 0 radical (unpaired) electrons. The van der Waals surface area contributed by atoms with Crippen LogP contribution in [0.4, 0.5) is 0 Å². The fourth-order valence-corrected chi connectivity index (χ4v) is 3.76. The van der Waals surface area contributed by atoms with E-state index in [0.717, 1.165) is 5.25 Å². The molecule has 2 fully saturated rings. The maximum Gasteiger partial charge on any atom is 0.0673 e. The molecule has 0 aromatic rings. The van der Waals surface area contributed by atoms with Crippen molar-refractivity contribution in [3.8, 4) is 0 Å². The van der Waals surface area contributed by atoms with Crippen LogP contribution in [0.25, 0.3) is 0 Å². The molecule has 0 aliphatic carbocycles. The Labute approximate surface area is 85.4 Å². The number of hydrogen-bond acceptors (Lipinski definition) is 3. The van der Waals surface area contributed by atoms with Crippen LogP contribution in [-0.2, 0) is 0 Å². The Morgan fingerprint density at radius 3 is 2.69 bits per heavy atom. The third kappa shape index (κ3) is 2.03. The van der Waals surface area contributed by atoms with Crippen LogP contribution in [0.3, 0.4) is 0 Å². The highest BCUT2D eigenvalue weighted by Gasteiger charge is 2.40. The largest absolute Gasteiger partial charge is 0.306 e. The average Bonchev–Trinajstić information content (AvgIpc) is 2.55. The van der Waals surface area contributed by atoms with Gasteiger partial charge in [0.05, 0.1) is 4.87 Å². The van der Waals surface area contributed by atoms with Gasteiger partial charge in [-0.25, -0.2) is 0 Å². The zero-order chi connectivity index (χ0) is 9.31. The summed E-state index contributed by atoms with van der Waals surface area (Å²) in [6, 6.07) is 0. The van der Waals surface area contributed by atoms with Gasteiger partial charge in [0.1, 0.15) is 0 Å². The molecule has 1 atom stereocenters. The molecule has 0 aromatic heterocycles. The minimum absolute atomic E-state index is 0.452. The van der Waals surface area contributed by atoms with Crippen molar-refractivity contribution in [2.75, 3.05) is 26.7 Å². The molecule has 0 unspecified atom stereocenters. The second-order valence-electron chi connectivity index (χ2n) is 4.33. The van der Waals surface area contributed by atoms with E-state index in [1.54, 1.807) is 0 Å². The Hall–Kier alpha value is 0.270. The normalized spacial score (nSPS) is 34.2. The quantitative estimate of drug-likeness (QED) is 0.691. The monoisotopic (exact) mass is 200 g/mol. The first-order valence-electron chi connectivity index (χ1n) is 5.35. The van der Waals surface area contributed by atoms with Gasteiger partial charge in [-0.1, -0.05) is 6.92 Å². The van der Waals surface area contributed by atoms with E-state index >= 15 is 0 Å². The van der Waals surface area contributed by atoms with E-state index in [1.165, 1.54) is 38.9 Å². The van der Waals surface area contributed by atoms with Gasteiger partial charge in [-0.3, -0.25) is 0 Å². The summed E-state index contributed by atoms with van der Waals surface area (Å²) >= 11 is 2.20. The summed E-state index contributed by atoms with van der Waals surface area (Å²) in [5.74, 6) is 0. The van der Waals surface area contributed by atoms with Crippen molar-refractivity contribution in [1.82, 2.24) is 10.2 Å². The number of thioether (sulfide) groups is 1. The molecule has 2 aliphatic rings. The molecule has 0 amide bonds. The summed E-state index contributed by atoms with van der Waals surface area (Å²) in [5, 5.41) is 4.59. The topological polar surface area (TPSA) is 15.3 Å². The van der Waals surface area contributed by atoms with E-state index < -0.39 is 0 Å². The van der Waals surface area contributed by atoms with E-state index in [0.29, 0.717) is 4.87 Å². The van der Waals surface area contributed by atoms with Gasteiger partial charge >= 0.3 is 0 Å². The molecule has 2 nitrogen and oxygen atoms in total. The second kappa shape index (κ2) is 3.79. The van der Waals surface area contributed by atoms with Crippen LogP contribution in [0.2, 0.25) is 0 Å². The van der Waals surface area contributed by atoms with E-state index in [2.05, 4.69) is 35.9 Å². The van der Waals surface area contributed by atoms with Crippen LogP contribution in [-0.4, -0.2) is 41.7 Å². The van der Waals surface area contributed by atoms with E-state index in [-0.39, 0.29) is 0 Å². The minimum Gasteiger partial charge on any atom is -0.306 e. The molecule has 2 rings (SSSR count). The Bertz CT molecular complexity index is 176. The zero-order valence-corrected chi connectivity index (χ0v) is 9.49. The van der Waals surface area contributed by atoms with E-state index in [4.69, 9.17) is 0 Å². The summed E-state index contributed by atoms with van der Waals surface area (Å²) in [6.45, 7) is 6.05. The fourth-order valence-electron chi connectivity index (χ4n) is 2.20. The van der Waals surface area contributed by atoms with Gasteiger partial charge in [0, 0.05) is 24.9 Å². The van der Waals surface area contributed by atoms with Gasteiger partial charge in [-0.05, 0) is 26.3 Å². The van der Waals surface area contributed by atoms with Crippen molar-refractivity contribution in [2.45, 2.75) is 36.3 Å². The molecule has 76 valence electrons. The first-order chi connectivity index (χ1) is 6.24. The molecular weight excluding hydrogens is 180 g/mol. The van der Waals surface area contributed by atoms with Crippen molar-refractivity contribution < 1.29 is 0 Å². The lowest BCUT2D eigenvalue weighted by Gasteiger charge is -2.37. The Morgan fingerprint density at radius 1 is 1.46 bits per heavy atom. The number of likely N-dealkylation sites (tertiary alicyclic amines) is 1. The highest BCUT2D eigenvalue weighted by atomic mass is 32.2. The molecule has 13 heavy (non-hydrogen) atoms. The lowest BCUT2D eigenvalue weighted by atomic mass is 10.0. The van der Waals surface area contributed by atoms with Crippen molar-refractivity contribution in [2.24, 2.45) is 0 Å². The summed E-state index contributed by atoms with van der Waals surface area (Å²) in [6.07, 6.45) is 3.96. The van der Waals surface area contributed by atoms with Gasteiger partial charge in [-0.2, -0.15) is 0 Å². The molecular formula is C10H20N2S. The van der Waals surface area contributed by atoms with Crippen LogP contribution in [0, 0.1) is 0 Å². The predicted octanol–water partition coefficient (Wildman–Crippen LogP) is 1.52. The number of piperidine rings is 1. The molecule has 3 heteroatoms. The molecule has 2 heterocycles. The molecule has 1 spiro atoms. The lowest BCUT2D eigenvalue weighted by Crippen LogP contribution is -2.47. The van der Waals surface area contributed by atoms with Crippen LogP contribution < -0.4 is 5.32 Å². The number of rotatable bonds is 1. The maximum absolute atomic E-state index is 3.73. The SMILES string of the molecule is CC[C@H]1CNC2(CCN(C)CC2)S1. The standard InChI is InChI=1S/C10H20N2S/c1-3-9-8-11-10(13-9)4-6-12(2)7-5-10/h9,11H,3-8H2,1-2H3/t9-/m0/s1.